The monoisotopic (exact) mass is 184 g/mol. The average Bonchev–Trinajstić information content (AvgIpc) is 2.23. The van der Waals surface area contributed by atoms with E-state index in [2.05, 4.69) is 10.0 Å². The highest BCUT2D eigenvalue weighted by Gasteiger charge is 2.01. The lowest BCUT2D eigenvalue weighted by Crippen LogP contribution is -1.85. The third kappa shape index (κ3) is 1.24. The number of anilines is 1. The first kappa shape index (κ1) is 8.41. The molecule has 0 saturated carbocycles. The van der Waals surface area contributed by atoms with E-state index in [4.69, 9.17) is 11.3 Å². The second-order valence-corrected chi connectivity index (χ2v) is 2.91. The second-order valence-electron chi connectivity index (χ2n) is 2.91. The molecule has 0 fully saturated rings. The Morgan fingerprint density at radius 1 is 1.14 bits per heavy atom. The summed E-state index contributed by atoms with van der Waals surface area (Å²) in [7, 11) is 0. The van der Waals surface area contributed by atoms with Gasteiger partial charge in [-0.15, -0.1) is 0 Å². The fourth-order valence-electron chi connectivity index (χ4n) is 1.43. The first-order valence-electron chi connectivity index (χ1n) is 4.15. The summed E-state index contributed by atoms with van der Waals surface area (Å²) in [6, 6.07) is 11.3. The molecule has 0 heterocycles. The van der Waals surface area contributed by atoms with Crippen molar-refractivity contribution in [3.8, 4) is 0 Å². The number of fused-ring (bicyclic) bond motifs is 1. The SMILES string of the molecule is [N-]=[N+]=Nc1c(N)ccc2ccccc12. The van der Waals surface area contributed by atoms with Crippen LogP contribution in [0.3, 0.4) is 0 Å². The fourth-order valence-corrected chi connectivity index (χ4v) is 1.43. The highest BCUT2D eigenvalue weighted by molar-refractivity contribution is 5.97. The number of hydrogen-bond acceptors (Lipinski definition) is 2. The van der Waals surface area contributed by atoms with Gasteiger partial charge in [-0.1, -0.05) is 35.4 Å². The summed E-state index contributed by atoms with van der Waals surface area (Å²) >= 11 is 0. The van der Waals surface area contributed by atoms with Crippen LogP contribution in [0.25, 0.3) is 21.2 Å². The standard InChI is InChI=1S/C10H8N4/c11-9-6-5-7-3-1-2-4-8(7)10(9)13-14-12/h1-6H,11H2. The molecule has 0 radical (unpaired) electrons. The van der Waals surface area contributed by atoms with E-state index in [0.717, 1.165) is 10.8 Å². The summed E-state index contributed by atoms with van der Waals surface area (Å²) in [6.07, 6.45) is 0. The van der Waals surface area contributed by atoms with Crippen LogP contribution in [0.15, 0.2) is 41.5 Å². The van der Waals surface area contributed by atoms with Crippen LogP contribution in [0.4, 0.5) is 11.4 Å². The number of nitrogens with zero attached hydrogens (tertiary/aromatic N) is 3. The van der Waals surface area contributed by atoms with Crippen LogP contribution < -0.4 is 5.73 Å². The Labute approximate surface area is 80.6 Å². The predicted molar refractivity (Wildman–Crippen MR) is 57.2 cm³/mol. The maximum atomic E-state index is 8.41. The van der Waals surface area contributed by atoms with E-state index in [1.54, 1.807) is 6.07 Å². The van der Waals surface area contributed by atoms with Crippen molar-refractivity contribution in [1.82, 2.24) is 0 Å². The molecule has 0 bridgehead atoms. The molecule has 0 saturated heterocycles. The van der Waals surface area contributed by atoms with Crippen molar-refractivity contribution in [3.63, 3.8) is 0 Å². The number of nitrogens with two attached hydrogens (primary N) is 1. The third-order valence-corrected chi connectivity index (χ3v) is 2.08. The van der Waals surface area contributed by atoms with Gasteiger partial charge < -0.3 is 5.73 Å². The molecule has 2 rings (SSSR count). The summed E-state index contributed by atoms with van der Waals surface area (Å²) in [6.45, 7) is 0. The van der Waals surface area contributed by atoms with E-state index < -0.39 is 0 Å². The van der Waals surface area contributed by atoms with E-state index in [-0.39, 0.29) is 0 Å². The van der Waals surface area contributed by atoms with Gasteiger partial charge in [0, 0.05) is 10.6 Å². The van der Waals surface area contributed by atoms with Crippen LogP contribution >= 0.6 is 0 Å². The molecule has 68 valence electrons. The van der Waals surface area contributed by atoms with Crippen LogP contribution in [-0.2, 0) is 0 Å². The van der Waals surface area contributed by atoms with Gasteiger partial charge in [-0.3, -0.25) is 0 Å². The maximum absolute atomic E-state index is 8.41. The minimum atomic E-state index is 0.501. The van der Waals surface area contributed by atoms with E-state index in [1.165, 1.54) is 0 Å². The molecule has 2 aromatic carbocycles. The summed E-state index contributed by atoms with van der Waals surface area (Å²) < 4.78 is 0. The topological polar surface area (TPSA) is 74.8 Å². The number of nitrogen functional groups attached to an aromatic ring is 1. The molecular weight excluding hydrogens is 176 g/mol. The minimum absolute atomic E-state index is 0.501. The Balaban J connectivity index is 2.89. The Bertz CT molecular complexity index is 527. The van der Waals surface area contributed by atoms with Crippen LogP contribution in [0, 0.1) is 0 Å². The summed E-state index contributed by atoms with van der Waals surface area (Å²) in [5.41, 5.74) is 15.1. The van der Waals surface area contributed by atoms with Crippen molar-refractivity contribution in [2.24, 2.45) is 5.11 Å². The van der Waals surface area contributed by atoms with E-state index >= 15 is 0 Å². The molecule has 0 spiro atoms. The van der Waals surface area contributed by atoms with Gasteiger partial charge in [0.1, 0.15) is 0 Å². The van der Waals surface area contributed by atoms with Crippen molar-refractivity contribution in [3.05, 3.63) is 46.8 Å². The Hall–Kier alpha value is -2.19. The zero-order chi connectivity index (χ0) is 9.97. The van der Waals surface area contributed by atoms with Crippen molar-refractivity contribution in [2.75, 3.05) is 5.73 Å². The Morgan fingerprint density at radius 2 is 1.93 bits per heavy atom. The van der Waals surface area contributed by atoms with Crippen LogP contribution in [-0.4, -0.2) is 0 Å². The number of rotatable bonds is 1. The van der Waals surface area contributed by atoms with Crippen LogP contribution in [0.1, 0.15) is 0 Å². The molecule has 0 atom stereocenters. The lowest BCUT2D eigenvalue weighted by Gasteiger charge is -2.03. The molecule has 14 heavy (non-hydrogen) atoms. The predicted octanol–water partition coefficient (Wildman–Crippen LogP) is 3.36. The summed E-state index contributed by atoms with van der Waals surface area (Å²) in [5.74, 6) is 0. The van der Waals surface area contributed by atoms with Crippen molar-refractivity contribution in [1.29, 1.82) is 0 Å². The average molecular weight is 184 g/mol. The van der Waals surface area contributed by atoms with Gasteiger partial charge in [0.25, 0.3) is 0 Å². The quantitative estimate of drug-likeness (QED) is 0.313. The molecule has 0 aromatic heterocycles. The molecule has 2 N–H and O–H groups in total. The second kappa shape index (κ2) is 3.28. The van der Waals surface area contributed by atoms with Gasteiger partial charge >= 0.3 is 0 Å². The molecule has 4 heteroatoms. The third-order valence-electron chi connectivity index (χ3n) is 2.08. The zero-order valence-corrected chi connectivity index (χ0v) is 7.38. The highest BCUT2D eigenvalue weighted by Crippen LogP contribution is 2.31. The van der Waals surface area contributed by atoms with E-state index in [1.807, 2.05) is 30.3 Å². The smallest absolute Gasteiger partial charge is 0.0683 e. The molecule has 0 aliphatic heterocycles. The van der Waals surface area contributed by atoms with Gasteiger partial charge in [0.05, 0.1) is 5.69 Å². The molecule has 0 aliphatic carbocycles. The molecular formula is C10H8N4. The minimum Gasteiger partial charge on any atom is -0.398 e. The van der Waals surface area contributed by atoms with E-state index in [0.29, 0.717) is 11.4 Å². The number of benzene rings is 2. The Morgan fingerprint density at radius 3 is 2.71 bits per heavy atom. The van der Waals surface area contributed by atoms with Gasteiger partial charge in [0.2, 0.25) is 0 Å². The van der Waals surface area contributed by atoms with Crippen molar-refractivity contribution < 1.29 is 0 Å². The largest absolute Gasteiger partial charge is 0.398 e. The molecule has 2 aromatic rings. The molecule has 4 nitrogen and oxygen atoms in total. The van der Waals surface area contributed by atoms with Gasteiger partial charge in [0.15, 0.2) is 0 Å². The molecule has 0 amide bonds. The van der Waals surface area contributed by atoms with Crippen LogP contribution in [0.5, 0.6) is 0 Å². The first-order valence-corrected chi connectivity index (χ1v) is 4.15. The molecule has 0 aliphatic rings. The lowest BCUT2D eigenvalue weighted by atomic mass is 10.1. The molecule has 0 unspecified atom stereocenters. The Kier molecular flexibility index (Phi) is 1.97. The highest BCUT2D eigenvalue weighted by atomic mass is 15.1. The van der Waals surface area contributed by atoms with Crippen LogP contribution in [0.2, 0.25) is 0 Å². The summed E-state index contributed by atoms with van der Waals surface area (Å²) in [4.78, 5) is 2.76. The summed E-state index contributed by atoms with van der Waals surface area (Å²) in [5, 5.41) is 5.49. The maximum Gasteiger partial charge on any atom is 0.0683 e. The van der Waals surface area contributed by atoms with E-state index in [9.17, 15) is 0 Å². The van der Waals surface area contributed by atoms with Gasteiger partial charge in [-0.05, 0) is 22.4 Å². The van der Waals surface area contributed by atoms with Crippen molar-refractivity contribution in [2.45, 2.75) is 0 Å². The van der Waals surface area contributed by atoms with Gasteiger partial charge in [-0.2, -0.15) is 0 Å². The normalized spacial score (nSPS) is 9.71. The first-order chi connectivity index (χ1) is 6.83. The lowest BCUT2D eigenvalue weighted by molar-refractivity contribution is 1.51. The number of hydrogen-bond donors (Lipinski definition) is 1. The number of azide groups is 1. The van der Waals surface area contributed by atoms with Crippen molar-refractivity contribution >= 4 is 22.1 Å². The zero-order valence-electron chi connectivity index (χ0n) is 7.38. The fraction of sp³-hybridized carbons (Fsp3) is 0. The van der Waals surface area contributed by atoms with Gasteiger partial charge in [-0.25, -0.2) is 0 Å².